The standard InChI is InChI=1S/C13H19NO/c1-4-14(2)12-7-10-5-6-13(15-3)9-11(10)8-12/h5-6,9,12H,4,7-8H2,1-3H3. The summed E-state index contributed by atoms with van der Waals surface area (Å²) < 4.78 is 5.25. The van der Waals surface area contributed by atoms with E-state index < -0.39 is 0 Å². The van der Waals surface area contributed by atoms with Gasteiger partial charge in [0.05, 0.1) is 7.11 Å². The molecule has 1 aliphatic rings. The van der Waals surface area contributed by atoms with E-state index in [1.54, 1.807) is 7.11 Å². The molecular weight excluding hydrogens is 186 g/mol. The van der Waals surface area contributed by atoms with Gasteiger partial charge in [-0.1, -0.05) is 13.0 Å². The first kappa shape index (κ1) is 10.5. The highest BCUT2D eigenvalue weighted by Crippen LogP contribution is 2.28. The van der Waals surface area contributed by atoms with Gasteiger partial charge >= 0.3 is 0 Å². The van der Waals surface area contributed by atoms with E-state index in [1.165, 1.54) is 17.5 Å². The van der Waals surface area contributed by atoms with Crippen molar-refractivity contribution in [2.45, 2.75) is 25.8 Å². The van der Waals surface area contributed by atoms with Gasteiger partial charge in [0, 0.05) is 6.04 Å². The summed E-state index contributed by atoms with van der Waals surface area (Å²) in [6, 6.07) is 7.13. The van der Waals surface area contributed by atoms with Crippen molar-refractivity contribution in [2.24, 2.45) is 0 Å². The summed E-state index contributed by atoms with van der Waals surface area (Å²) in [7, 11) is 3.93. The Kier molecular flexibility index (Phi) is 2.96. The third-order valence-electron chi connectivity index (χ3n) is 3.45. The maximum absolute atomic E-state index is 5.25. The van der Waals surface area contributed by atoms with Gasteiger partial charge in [-0.2, -0.15) is 0 Å². The molecule has 1 atom stereocenters. The fourth-order valence-electron chi connectivity index (χ4n) is 2.27. The lowest BCUT2D eigenvalue weighted by molar-refractivity contribution is 0.262. The molecule has 0 radical (unpaired) electrons. The molecular formula is C13H19NO. The van der Waals surface area contributed by atoms with Gasteiger partial charge in [0.15, 0.2) is 0 Å². The van der Waals surface area contributed by atoms with Gasteiger partial charge in [0.1, 0.15) is 5.75 Å². The highest BCUT2D eigenvalue weighted by molar-refractivity contribution is 5.39. The van der Waals surface area contributed by atoms with Crippen LogP contribution in [0.25, 0.3) is 0 Å². The largest absolute Gasteiger partial charge is 0.497 e. The van der Waals surface area contributed by atoms with Crippen LogP contribution in [0.2, 0.25) is 0 Å². The second-order valence-corrected chi connectivity index (χ2v) is 4.27. The molecule has 0 amide bonds. The summed E-state index contributed by atoms with van der Waals surface area (Å²) in [5, 5.41) is 0. The molecule has 1 aromatic rings. The minimum absolute atomic E-state index is 0.678. The van der Waals surface area contributed by atoms with Gasteiger partial charge in [-0.3, -0.25) is 0 Å². The van der Waals surface area contributed by atoms with E-state index in [0.29, 0.717) is 6.04 Å². The zero-order valence-corrected chi connectivity index (χ0v) is 9.79. The summed E-state index contributed by atoms with van der Waals surface area (Å²) in [6.07, 6.45) is 2.35. The van der Waals surface area contributed by atoms with Crippen molar-refractivity contribution in [2.75, 3.05) is 20.7 Å². The van der Waals surface area contributed by atoms with E-state index >= 15 is 0 Å². The molecule has 15 heavy (non-hydrogen) atoms. The zero-order chi connectivity index (χ0) is 10.8. The Bertz CT molecular complexity index is 348. The highest BCUT2D eigenvalue weighted by Gasteiger charge is 2.23. The van der Waals surface area contributed by atoms with Crippen LogP contribution in [0.1, 0.15) is 18.1 Å². The van der Waals surface area contributed by atoms with Crippen LogP contribution in [0, 0.1) is 0 Å². The topological polar surface area (TPSA) is 12.5 Å². The van der Waals surface area contributed by atoms with Crippen LogP contribution in [0.15, 0.2) is 18.2 Å². The third kappa shape index (κ3) is 2.00. The average Bonchev–Trinajstić information content (AvgIpc) is 2.70. The van der Waals surface area contributed by atoms with Gasteiger partial charge in [-0.25, -0.2) is 0 Å². The van der Waals surface area contributed by atoms with E-state index in [0.717, 1.165) is 18.7 Å². The number of fused-ring (bicyclic) bond motifs is 1. The lowest BCUT2D eigenvalue weighted by atomic mass is 10.1. The molecule has 0 heterocycles. The fraction of sp³-hybridized carbons (Fsp3) is 0.538. The van der Waals surface area contributed by atoms with Crippen molar-refractivity contribution >= 4 is 0 Å². The first-order chi connectivity index (χ1) is 7.24. The molecule has 0 spiro atoms. The SMILES string of the molecule is CCN(C)C1Cc2ccc(OC)cc2C1. The van der Waals surface area contributed by atoms with E-state index in [1.807, 2.05) is 0 Å². The number of hydrogen-bond acceptors (Lipinski definition) is 2. The van der Waals surface area contributed by atoms with Gasteiger partial charge in [-0.05, 0) is 49.7 Å². The number of ether oxygens (including phenoxy) is 1. The summed E-state index contributed by atoms with van der Waals surface area (Å²) >= 11 is 0. The van der Waals surface area contributed by atoms with Crippen molar-refractivity contribution < 1.29 is 4.74 Å². The molecule has 0 aliphatic heterocycles. The maximum atomic E-state index is 5.25. The van der Waals surface area contributed by atoms with Crippen molar-refractivity contribution in [1.29, 1.82) is 0 Å². The normalized spacial score (nSPS) is 19.3. The van der Waals surface area contributed by atoms with E-state index in [9.17, 15) is 0 Å². The van der Waals surface area contributed by atoms with Crippen molar-refractivity contribution in [3.63, 3.8) is 0 Å². The molecule has 2 rings (SSSR count). The van der Waals surface area contributed by atoms with E-state index in [4.69, 9.17) is 4.74 Å². The zero-order valence-electron chi connectivity index (χ0n) is 9.79. The fourth-order valence-corrected chi connectivity index (χ4v) is 2.27. The summed E-state index contributed by atoms with van der Waals surface area (Å²) in [4.78, 5) is 2.42. The van der Waals surface area contributed by atoms with E-state index in [-0.39, 0.29) is 0 Å². The molecule has 1 aliphatic carbocycles. The number of likely N-dealkylation sites (N-methyl/N-ethyl adjacent to an activating group) is 1. The quantitative estimate of drug-likeness (QED) is 0.749. The minimum atomic E-state index is 0.678. The number of hydrogen-bond donors (Lipinski definition) is 0. The molecule has 2 heteroatoms. The molecule has 0 bridgehead atoms. The van der Waals surface area contributed by atoms with Gasteiger partial charge in [0.25, 0.3) is 0 Å². The molecule has 0 aromatic heterocycles. The van der Waals surface area contributed by atoms with Crippen molar-refractivity contribution in [1.82, 2.24) is 4.90 Å². The third-order valence-corrected chi connectivity index (χ3v) is 3.45. The second kappa shape index (κ2) is 4.23. The van der Waals surface area contributed by atoms with Crippen LogP contribution in [-0.4, -0.2) is 31.6 Å². The predicted octanol–water partition coefficient (Wildman–Crippen LogP) is 2.11. The predicted molar refractivity (Wildman–Crippen MR) is 62.5 cm³/mol. The Labute approximate surface area is 91.9 Å². The molecule has 82 valence electrons. The maximum Gasteiger partial charge on any atom is 0.119 e. The molecule has 1 unspecified atom stereocenters. The van der Waals surface area contributed by atoms with E-state index in [2.05, 4.69) is 37.1 Å². The number of benzene rings is 1. The molecule has 0 fully saturated rings. The Morgan fingerprint density at radius 2 is 2.07 bits per heavy atom. The molecule has 1 aromatic carbocycles. The summed E-state index contributed by atoms with van der Waals surface area (Å²) in [5.41, 5.74) is 2.95. The first-order valence-corrected chi connectivity index (χ1v) is 5.60. The summed E-state index contributed by atoms with van der Waals surface area (Å²) in [5.74, 6) is 0.980. The molecule has 0 N–H and O–H groups in total. The van der Waals surface area contributed by atoms with Crippen LogP contribution in [0.5, 0.6) is 5.75 Å². The van der Waals surface area contributed by atoms with Crippen molar-refractivity contribution in [3.8, 4) is 5.75 Å². The summed E-state index contributed by atoms with van der Waals surface area (Å²) in [6.45, 7) is 3.33. The Hall–Kier alpha value is -1.02. The lowest BCUT2D eigenvalue weighted by Gasteiger charge is -2.21. The smallest absolute Gasteiger partial charge is 0.119 e. The number of nitrogens with zero attached hydrogens (tertiary/aromatic N) is 1. The molecule has 2 nitrogen and oxygen atoms in total. The second-order valence-electron chi connectivity index (χ2n) is 4.27. The average molecular weight is 205 g/mol. The minimum Gasteiger partial charge on any atom is -0.497 e. The first-order valence-electron chi connectivity index (χ1n) is 5.60. The van der Waals surface area contributed by atoms with Gasteiger partial charge in [0.2, 0.25) is 0 Å². The molecule has 0 saturated heterocycles. The van der Waals surface area contributed by atoms with Gasteiger partial charge < -0.3 is 9.64 Å². The van der Waals surface area contributed by atoms with Gasteiger partial charge in [-0.15, -0.1) is 0 Å². The lowest BCUT2D eigenvalue weighted by Crippen LogP contribution is -2.31. The highest BCUT2D eigenvalue weighted by atomic mass is 16.5. The van der Waals surface area contributed by atoms with Crippen LogP contribution in [0.4, 0.5) is 0 Å². The Morgan fingerprint density at radius 3 is 2.73 bits per heavy atom. The van der Waals surface area contributed by atoms with Crippen LogP contribution in [-0.2, 0) is 12.8 Å². The van der Waals surface area contributed by atoms with Crippen LogP contribution in [0.3, 0.4) is 0 Å². The number of methoxy groups -OCH3 is 1. The Balaban J connectivity index is 2.16. The monoisotopic (exact) mass is 205 g/mol. The number of rotatable bonds is 3. The molecule has 0 saturated carbocycles. The van der Waals surface area contributed by atoms with Crippen LogP contribution >= 0.6 is 0 Å². The van der Waals surface area contributed by atoms with Crippen LogP contribution < -0.4 is 4.74 Å². The Morgan fingerprint density at radius 1 is 1.33 bits per heavy atom. The van der Waals surface area contributed by atoms with Crippen molar-refractivity contribution in [3.05, 3.63) is 29.3 Å².